The van der Waals surface area contributed by atoms with E-state index in [-0.39, 0.29) is 17.1 Å². The molecule has 2 aromatic heterocycles. The molecule has 0 amide bonds. The van der Waals surface area contributed by atoms with Gasteiger partial charge in [0.25, 0.3) is 0 Å². The summed E-state index contributed by atoms with van der Waals surface area (Å²) in [4.78, 5) is 25.3. The first-order valence-corrected chi connectivity index (χ1v) is 4.33. The molecule has 0 saturated heterocycles. The van der Waals surface area contributed by atoms with Gasteiger partial charge in [0.05, 0.1) is 11.1 Å². The summed E-state index contributed by atoms with van der Waals surface area (Å²) < 4.78 is 0. The van der Waals surface area contributed by atoms with Gasteiger partial charge in [-0.05, 0) is 12.1 Å². The molecule has 0 aliphatic carbocycles. The van der Waals surface area contributed by atoms with E-state index in [4.69, 9.17) is 10.2 Å². The monoisotopic (exact) mass is 304 g/mol. The molecule has 92 valence electrons. The van der Waals surface area contributed by atoms with Gasteiger partial charge in [-0.25, -0.2) is 9.59 Å². The van der Waals surface area contributed by atoms with Crippen LogP contribution < -0.4 is 0 Å². The van der Waals surface area contributed by atoms with Gasteiger partial charge in [-0.3, -0.25) is 0 Å². The molecule has 7 heteroatoms. The van der Waals surface area contributed by atoms with E-state index in [1.165, 1.54) is 24.5 Å². The molecule has 0 aliphatic heterocycles. The Hall–Kier alpha value is -1.98. The predicted octanol–water partition coefficient (Wildman–Crippen LogP) is 0.510. The molecule has 0 radical (unpaired) electrons. The van der Waals surface area contributed by atoms with Crippen LogP contribution in [-0.4, -0.2) is 49.2 Å². The van der Waals surface area contributed by atoms with Gasteiger partial charge in [-0.1, -0.05) is 0 Å². The van der Waals surface area contributed by atoms with Crippen molar-refractivity contribution in [2.24, 2.45) is 0 Å². The van der Waals surface area contributed by atoms with Gasteiger partial charge in [0.1, 0.15) is 0 Å². The van der Waals surface area contributed by atoms with Gasteiger partial charge in [0.15, 0.2) is 0 Å². The average molecular weight is 303 g/mol. The Labute approximate surface area is 107 Å². The van der Waals surface area contributed by atoms with E-state index in [0.29, 0.717) is 11.1 Å². The van der Waals surface area contributed by atoms with Crippen molar-refractivity contribution in [2.45, 2.75) is 0 Å². The van der Waals surface area contributed by atoms with Crippen LogP contribution in [0.5, 0.6) is 0 Å². The number of aromatic amines is 2. The van der Waals surface area contributed by atoms with Gasteiger partial charge >= 0.3 is 29.0 Å². The van der Waals surface area contributed by atoms with Crippen molar-refractivity contribution >= 4 is 29.0 Å². The SMILES string of the molecule is O=C(O)c1cc[nH]c1.O=C(O)c1cc[nH]c1.[SeH2]. The molecule has 6 nitrogen and oxygen atoms in total. The van der Waals surface area contributed by atoms with Crippen molar-refractivity contribution in [3.8, 4) is 0 Å². The van der Waals surface area contributed by atoms with Gasteiger partial charge in [0, 0.05) is 24.8 Å². The van der Waals surface area contributed by atoms with Crippen LogP contribution in [0.15, 0.2) is 36.9 Å². The molecule has 0 aliphatic rings. The fraction of sp³-hybridized carbons (Fsp3) is 0. The summed E-state index contributed by atoms with van der Waals surface area (Å²) in [7, 11) is 0. The van der Waals surface area contributed by atoms with Gasteiger partial charge in [-0.15, -0.1) is 0 Å². The molecule has 2 heterocycles. The third-order valence-electron chi connectivity index (χ3n) is 1.69. The van der Waals surface area contributed by atoms with Crippen molar-refractivity contribution in [1.82, 2.24) is 9.97 Å². The second-order valence-corrected chi connectivity index (χ2v) is 2.81. The summed E-state index contributed by atoms with van der Waals surface area (Å²) in [6, 6.07) is 3.00. The molecule has 0 spiro atoms. The fourth-order valence-corrected chi connectivity index (χ4v) is 0.914. The summed E-state index contributed by atoms with van der Waals surface area (Å²) >= 11 is 0. The van der Waals surface area contributed by atoms with Crippen LogP contribution in [0.4, 0.5) is 0 Å². The van der Waals surface area contributed by atoms with E-state index in [9.17, 15) is 9.59 Å². The van der Waals surface area contributed by atoms with E-state index >= 15 is 0 Å². The average Bonchev–Trinajstić information content (AvgIpc) is 2.93. The summed E-state index contributed by atoms with van der Waals surface area (Å²) in [5.41, 5.74) is 0.593. The van der Waals surface area contributed by atoms with Crippen molar-refractivity contribution in [1.29, 1.82) is 0 Å². The van der Waals surface area contributed by atoms with Gasteiger partial charge in [0.2, 0.25) is 0 Å². The Bertz CT molecular complexity index is 406. The van der Waals surface area contributed by atoms with E-state index in [1.807, 2.05) is 0 Å². The Kier molecular flexibility index (Phi) is 6.47. The zero-order valence-corrected chi connectivity index (χ0v) is 10.8. The quantitative estimate of drug-likeness (QED) is 0.606. The summed E-state index contributed by atoms with van der Waals surface area (Å²) in [6.45, 7) is 0. The van der Waals surface area contributed by atoms with Crippen LogP contribution in [0.3, 0.4) is 0 Å². The normalized spacial score (nSPS) is 8.47. The molecule has 0 unspecified atom stereocenters. The van der Waals surface area contributed by atoms with Crippen LogP contribution >= 0.6 is 0 Å². The zero-order valence-electron chi connectivity index (χ0n) is 8.68. The molecule has 2 rings (SSSR count). The first-order valence-electron chi connectivity index (χ1n) is 4.33. The number of hydrogen-bond acceptors (Lipinski definition) is 2. The minimum atomic E-state index is -0.897. The maximum absolute atomic E-state index is 10.0. The predicted molar refractivity (Wildman–Crippen MR) is 64.0 cm³/mol. The van der Waals surface area contributed by atoms with Crippen LogP contribution in [0.1, 0.15) is 20.7 Å². The Balaban J connectivity index is 0.000000284. The number of aromatic nitrogens is 2. The molecular weight excluding hydrogens is 291 g/mol. The number of nitrogens with one attached hydrogen (secondary N) is 2. The molecule has 2 aromatic rings. The second kappa shape index (κ2) is 7.32. The van der Waals surface area contributed by atoms with Gasteiger partial charge < -0.3 is 20.2 Å². The molecule has 17 heavy (non-hydrogen) atoms. The molecule has 0 fully saturated rings. The fourth-order valence-electron chi connectivity index (χ4n) is 0.914. The first-order chi connectivity index (χ1) is 7.61. The van der Waals surface area contributed by atoms with Crippen LogP contribution in [0, 0.1) is 0 Å². The third kappa shape index (κ3) is 5.05. The molecule has 0 atom stereocenters. The maximum atomic E-state index is 10.0. The van der Waals surface area contributed by atoms with E-state index in [0.717, 1.165) is 0 Å². The zero-order chi connectivity index (χ0) is 12.0. The number of carbonyl (C=O) groups is 2. The van der Waals surface area contributed by atoms with Crippen molar-refractivity contribution < 1.29 is 19.8 Å². The molecule has 4 N–H and O–H groups in total. The third-order valence-corrected chi connectivity index (χ3v) is 1.69. The molecule has 0 saturated carbocycles. The number of H-pyrrole nitrogens is 2. The van der Waals surface area contributed by atoms with Gasteiger partial charge in [-0.2, -0.15) is 0 Å². The van der Waals surface area contributed by atoms with Crippen molar-refractivity contribution in [3.63, 3.8) is 0 Å². The summed E-state index contributed by atoms with van der Waals surface area (Å²) in [6.07, 6.45) is 6.01. The standard InChI is InChI=1S/2C5H5NO2.H2Se/c2*7-5(8)4-1-2-6-3-4;/h2*1-3,6H,(H,7,8);1H2. The van der Waals surface area contributed by atoms with E-state index in [2.05, 4.69) is 9.97 Å². The number of carboxylic acids is 2. The second-order valence-electron chi connectivity index (χ2n) is 2.81. The minimum absolute atomic E-state index is 0. The Morgan fingerprint density at radius 3 is 1.35 bits per heavy atom. The molecule has 0 aromatic carbocycles. The number of hydrogen-bond donors (Lipinski definition) is 4. The summed E-state index contributed by atoms with van der Waals surface area (Å²) in [5.74, 6) is -1.79. The number of carboxylic acid groups (broad SMARTS) is 2. The van der Waals surface area contributed by atoms with Crippen LogP contribution in [0.25, 0.3) is 0 Å². The molecular formula is C10H12N2O4Se. The molecule has 0 bridgehead atoms. The van der Waals surface area contributed by atoms with Crippen molar-refractivity contribution in [3.05, 3.63) is 48.0 Å². The number of rotatable bonds is 2. The summed E-state index contributed by atoms with van der Waals surface area (Å²) in [5, 5.41) is 16.5. The Morgan fingerprint density at radius 1 is 0.882 bits per heavy atom. The topological polar surface area (TPSA) is 106 Å². The first kappa shape index (κ1) is 15.0. The van der Waals surface area contributed by atoms with E-state index in [1.54, 1.807) is 12.4 Å². The van der Waals surface area contributed by atoms with Crippen LogP contribution in [0.2, 0.25) is 0 Å². The van der Waals surface area contributed by atoms with Crippen molar-refractivity contribution in [2.75, 3.05) is 0 Å². The van der Waals surface area contributed by atoms with E-state index < -0.39 is 11.9 Å². The number of aromatic carboxylic acids is 2. The van der Waals surface area contributed by atoms with Crippen LogP contribution in [-0.2, 0) is 0 Å². The Morgan fingerprint density at radius 2 is 1.24 bits per heavy atom.